The van der Waals surface area contributed by atoms with Crippen LogP contribution in [0, 0.1) is 18.3 Å². The van der Waals surface area contributed by atoms with Crippen molar-refractivity contribution in [3.05, 3.63) is 35.4 Å². The average Bonchev–Trinajstić information content (AvgIpc) is 2.87. The van der Waals surface area contributed by atoms with E-state index in [9.17, 15) is 19.6 Å². The van der Waals surface area contributed by atoms with Crippen LogP contribution in [0.1, 0.15) is 50.2 Å². The van der Waals surface area contributed by atoms with Gasteiger partial charge >= 0.3 is 6.03 Å². The fourth-order valence-electron chi connectivity index (χ4n) is 3.79. The Morgan fingerprint density at radius 1 is 1.22 bits per heavy atom. The van der Waals surface area contributed by atoms with Crippen molar-refractivity contribution in [2.75, 3.05) is 6.54 Å². The molecule has 2 N–H and O–H groups in total. The standard InChI is InChI=1S/C20H24N4O3/c1-14-6-8-15(9-7-14)19(2)17(26)24(18(27)23-19)12-16(25)22-20(13-21)10-4-3-5-11-20/h6-9H,3-5,10-12H2,1-2H3,(H,22,25)(H,23,27). The molecule has 1 aliphatic heterocycles. The van der Waals surface area contributed by atoms with Crippen LogP contribution in [0.15, 0.2) is 24.3 Å². The minimum atomic E-state index is -1.21. The molecule has 7 heteroatoms. The van der Waals surface area contributed by atoms with Gasteiger partial charge in [0.05, 0.1) is 6.07 Å². The summed E-state index contributed by atoms with van der Waals surface area (Å²) >= 11 is 0. The predicted octanol–water partition coefficient (Wildman–Crippen LogP) is 2.10. The lowest BCUT2D eigenvalue weighted by molar-refractivity contribution is -0.135. The van der Waals surface area contributed by atoms with E-state index in [1.807, 2.05) is 19.1 Å². The van der Waals surface area contributed by atoms with Gasteiger partial charge in [-0.3, -0.25) is 14.5 Å². The van der Waals surface area contributed by atoms with E-state index in [0.29, 0.717) is 18.4 Å². The molecule has 0 bridgehead atoms. The second-order valence-corrected chi connectivity index (χ2v) is 7.62. The summed E-state index contributed by atoms with van der Waals surface area (Å²) in [5.74, 6) is -0.962. The molecule has 1 unspecified atom stereocenters. The molecule has 1 aliphatic carbocycles. The van der Waals surface area contributed by atoms with Gasteiger partial charge in [0.15, 0.2) is 0 Å². The summed E-state index contributed by atoms with van der Waals surface area (Å²) in [6.45, 7) is 3.18. The monoisotopic (exact) mass is 368 g/mol. The lowest BCUT2D eigenvalue weighted by atomic mass is 9.83. The lowest BCUT2D eigenvalue weighted by Crippen LogP contribution is -2.52. The molecule has 0 spiro atoms. The number of benzene rings is 1. The topological polar surface area (TPSA) is 102 Å². The number of hydrogen-bond acceptors (Lipinski definition) is 4. The van der Waals surface area contributed by atoms with Crippen LogP contribution in [-0.2, 0) is 15.1 Å². The first-order valence-electron chi connectivity index (χ1n) is 9.23. The minimum absolute atomic E-state index is 0.393. The van der Waals surface area contributed by atoms with Crippen molar-refractivity contribution in [2.24, 2.45) is 0 Å². The zero-order chi connectivity index (χ0) is 19.7. The maximum absolute atomic E-state index is 12.9. The molecule has 1 atom stereocenters. The molecule has 1 saturated carbocycles. The number of hydrogen-bond donors (Lipinski definition) is 2. The van der Waals surface area contributed by atoms with Gasteiger partial charge in [-0.25, -0.2) is 4.79 Å². The number of nitriles is 1. The summed E-state index contributed by atoms with van der Waals surface area (Å²) in [5, 5.41) is 14.9. The fraction of sp³-hybridized carbons (Fsp3) is 0.500. The molecule has 4 amide bonds. The average molecular weight is 368 g/mol. The normalized spacial score (nSPS) is 24.3. The number of urea groups is 1. The van der Waals surface area contributed by atoms with E-state index in [1.165, 1.54) is 0 Å². The first-order valence-corrected chi connectivity index (χ1v) is 9.23. The van der Waals surface area contributed by atoms with Gasteiger partial charge < -0.3 is 10.6 Å². The van der Waals surface area contributed by atoms with Crippen molar-refractivity contribution < 1.29 is 14.4 Å². The summed E-state index contributed by atoms with van der Waals surface area (Å²) in [6.07, 6.45) is 3.99. The summed E-state index contributed by atoms with van der Waals surface area (Å²) in [6, 6.07) is 8.93. The summed E-state index contributed by atoms with van der Waals surface area (Å²) in [5.41, 5.74) is -0.391. The third-order valence-corrected chi connectivity index (χ3v) is 5.51. The molecule has 1 saturated heterocycles. The van der Waals surface area contributed by atoms with Gasteiger partial charge in [0, 0.05) is 0 Å². The molecule has 0 radical (unpaired) electrons. The molecule has 0 aromatic heterocycles. The summed E-state index contributed by atoms with van der Waals surface area (Å²) in [4.78, 5) is 38.7. The molecule has 7 nitrogen and oxygen atoms in total. The number of rotatable bonds is 4. The molecule has 1 aromatic carbocycles. The molecule has 27 heavy (non-hydrogen) atoms. The minimum Gasteiger partial charge on any atom is -0.336 e. The van der Waals surface area contributed by atoms with Crippen molar-refractivity contribution >= 4 is 17.8 Å². The number of aryl methyl sites for hydroxylation is 1. The van der Waals surface area contributed by atoms with Crippen LogP contribution < -0.4 is 10.6 Å². The van der Waals surface area contributed by atoms with E-state index in [1.54, 1.807) is 19.1 Å². The van der Waals surface area contributed by atoms with E-state index >= 15 is 0 Å². The molecular weight excluding hydrogens is 344 g/mol. The summed E-state index contributed by atoms with van der Waals surface area (Å²) < 4.78 is 0. The number of carbonyl (C=O) groups excluding carboxylic acids is 3. The Morgan fingerprint density at radius 3 is 2.44 bits per heavy atom. The largest absolute Gasteiger partial charge is 0.336 e. The van der Waals surface area contributed by atoms with Crippen molar-refractivity contribution in [3.63, 3.8) is 0 Å². The Hall–Kier alpha value is -2.88. The number of amides is 4. The Bertz CT molecular complexity index is 806. The van der Waals surface area contributed by atoms with Gasteiger partial charge in [-0.1, -0.05) is 49.1 Å². The molecule has 2 fully saturated rings. The van der Waals surface area contributed by atoms with Crippen LogP contribution in [0.5, 0.6) is 0 Å². The smallest absolute Gasteiger partial charge is 0.325 e. The SMILES string of the molecule is Cc1ccc(C2(C)NC(=O)N(CC(=O)NC3(C#N)CCCCC3)C2=O)cc1. The maximum Gasteiger partial charge on any atom is 0.325 e. The maximum atomic E-state index is 12.9. The highest BCUT2D eigenvalue weighted by atomic mass is 16.2. The predicted molar refractivity (Wildman–Crippen MR) is 98.3 cm³/mol. The zero-order valence-corrected chi connectivity index (χ0v) is 15.7. The molecule has 1 aromatic rings. The zero-order valence-electron chi connectivity index (χ0n) is 15.7. The van der Waals surface area contributed by atoms with Gasteiger partial charge in [0.1, 0.15) is 17.6 Å². The third kappa shape index (κ3) is 3.52. The van der Waals surface area contributed by atoms with Crippen molar-refractivity contribution in [3.8, 4) is 6.07 Å². The van der Waals surface area contributed by atoms with E-state index < -0.39 is 35.5 Å². The van der Waals surface area contributed by atoms with E-state index in [0.717, 1.165) is 29.7 Å². The van der Waals surface area contributed by atoms with Crippen LogP contribution in [0.2, 0.25) is 0 Å². The van der Waals surface area contributed by atoms with Gasteiger partial charge in [-0.05, 0) is 32.3 Å². The lowest BCUT2D eigenvalue weighted by Gasteiger charge is -2.32. The van der Waals surface area contributed by atoms with Gasteiger partial charge in [-0.2, -0.15) is 5.26 Å². The number of imide groups is 1. The van der Waals surface area contributed by atoms with E-state index in [-0.39, 0.29) is 0 Å². The third-order valence-electron chi connectivity index (χ3n) is 5.51. The number of nitrogens with one attached hydrogen (secondary N) is 2. The Labute approximate surface area is 158 Å². The first-order chi connectivity index (χ1) is 12.8. The molecule has 142 valence electrons. The summed E-state index contributed by atoms with van der Waals surface area (Å²) in [7, 11) is 0. The van der Waals surface area contributed by atoms with Crippen LogP contribution in [0.4, 0.5) is 4.79 Å². The molecular formula is C20H24N4O3. The molecule has 2 aliphatic rings. The number of nitrogens with zero attached hydrogens (tertiary/aromatic N) is 2. The Morgan fingerprint density at radius 2 is 1.85 bits per heavy atom. The molecule has 3 rings (SSSR count). The highest BCUT2D eigenvalue weighted by Crippen LogP contribution is 2.30. The van der Waals surface area contributed by atoms with Crippen LogP contribution in [0.3, 0.4) is 0 Å². The van der Waals surface area contributed by atoms with E-state index in [2.05, 4.69) is 16.7 Å². The highest BCUT2D eigenvalue weighted by molar-refractivity contribution is 6.09. The molecule has 1 heterocycles. The van der Waals surface area contributed by atoms with Crippen LogP contribution in [0.25, 0.3) is 0 Å². The van der Waals surface area contributed by atoms with Gasteiger partial charge in [0.2, 0.25) is 5.91 Å². The van der Waals surface area contributed by atoms with Crippen molar-refractivity contribution in [1.29, 1.82) is 5.26 Å². The Kier molecular flexibility index (Phi) is 4.92. The van der Waals surface area contributed by atoms with E-state index in [4.69, 9.17) is 0 Å². The van der Waals surface area contributed by atoms with Crippen LogP contribution in [-0.4, -0.2) is 34.8 Å². The second kappa shape index (κ2) is 7.03. The Balaban J connectivity index is 1.73. The fourth-order valence-corrected chi connectivity index (χ4v) is 3.79. The van der Waals surface area contributed by atoms with Crippen molar-refractivity contribution in [2.45, 2.75) is 57.0 Å². The second-order valence-electron chi connectivity index (χ2n) is 7.62. The van der Waals surface area contributed by atoms with Crippen LogP contribution >= 0.6 is 0 Å². The van der Waals surface area contributed by atoms with Gasteiger partial charge in [0.25, 0.3) is 5.91 Å². The quantitative estimate of drug-likeness (QED) is 0.795. The number of carbonyl (C=O) groups is 3. The highest BCUT2D eigenvalue weighted by Gasteiger charge is 2.49. The van der Waals surface area contributed by atoms with Crippen molar-refractivity contribution in [1.82, 2.24) is 15.5 Å². The van der Waals surface area contributed by atoms with Gasteiger partial charge in [-0.15, -0.1) is 0 Å². The first kappa shape index (κ1) is 18.9.